The van der Waals surface area contributed by atoms with Crippen molar-refractivity contribution >= 4 is 28.3 Å². The van der Waals surface area contributed by atoms with Crippen LogP contribution < -0.4 is 10.7 Å². The van der Waals surface area contributed by atoms with E-state index in [0.29, 0.717) is 23.3 Å². The van der Waals surface area contributed by atoms with Gasteiger partial charge in [-0.15, -0.1) is 0 Å². The van der Waals surface area contributed by atoms with Crippen LogP contribution in [0.25, 0.3) is 11.0 Å². The van der Waals surface area contributed by atoms with Crippen LogP contribution >= 0.6 is 11.6 Å². The molecule has 0 spiro atoms. The SMILES string of the molecule is O=c1cc(C(F)(F)F)oc2cc(NCc3ccc(Cl)cc3)ccc12. The van der Waals surface area contributed by atoms with Crippen LogP contribution in [0.1, 0.15) is 11.3 Å². The Balaban J connectivity index is 1.89. The summed E-state index contributed by atoms with van der Waals surface area (Å²) < 4.78 is 43.1. The third kappa shape index (κ3) is 3.54. The summed E-state index contributed by atoms with van der Waals surface area (Å²) in [5, 5.41) is 3.78. The van der Waals surface area contributed by atoms with Crippen LogP contribution in [0.2, 0.25) is 5.02 Å². The lowest BCUT2D eigenvalue weighted by Crippen LogP contribution is -2.11. The number of halogens is 4. The molecular weight excluding hydrogens is 343 g/mol. The van der Waals surface area contributed by atoms with Crippen molar-refractivity contribution in [2.45, 2.75) is 12.7 Å². The zero-order chi connectivity index (χ0) is 17.3. The Morgan fingerprint density at radius 1 is 1.04 bits per heavy atom. The third-order valence-corrected chi connectivity index (χ3v) is 3.67. The van der Waals surface area contributed by atoms with Gasteiger partial charge in [-0.25, -0.2) is 0 Å². The smallest absolute Gasteiger partial charge is 0.449 e. The van der Waals surface area contributed by atoms with Crippen molar-refractivity contribution in [3.63, 3.8) is 0 Å². The van der Waals surface area contributed by atoms with Gasteiger partial charge in [-0.05, 0) is 29.8 Å². The normalized spacial score (nSPS) is 11.7. The maximum Gasteiger partial charge on any atom is 0.449 e. The molecule has 0 amide bonds. The van der Waals surface area contributed by atoms with E-state index in [9.17, 15) is 18.0 Å². The molecule has 2 aromatic carbocycles. The Bertz CT molecular complexity index is 933. The van der Waals surface area contributed by atoms with Gasteiger partial charge in [0.1, 0.15) is 5.58 Å². The predicted octanol–water partition coefficient (Wildman–Crippen LogP) is 5.08. The van der Waals surface area contributed by atoms with Crippen molar-refractivity contribution in [2.75, 3.05) is 5.32 Å². The van der Waals surface area contributed by atoms with Crippen LogP contribution in [0.3, 0.4) is 0 Å². The van der Waals surface area contributed by atoms with Gasteiger partial charge in [-0.1, -0.05) is 23.7 Å². The summed E-state index contributed by atoms with van der Waals surface area (Å²) in [6.45, 7) is 0.450. The lowest BCUT2D eigenvalue weighted by molar-refractivity contribution is -0.152. The van der Waals surface area contributed by atoms with E-state index in [1.54, 1.807) is 18.2 Å². The van der Waals surface area contributed by atoms with Crippen LogP contribution in [0.5, 0.6) is 0 Å². The third-order valence-electron chi connectivity index (χ3n) is 3.42. The minimum atomic E-state index is -4.71. The van der Waals surface area contributed by atoms with Crippen molar-refractivity contribution in [1.29, 1.82) is 0 Å². The molecule has 3 aromatic rings. The quantitative estimate of drug-likeness (QED) is 0.714. The molecule has 0 aliphatic carbocycles. The van der Waals surface area contributed by atoms with Gasteiger partial charge in [-0.3, -0.25) is 4.79 Å². The van der Waals surface area contributed by atoms with Crippen LogP contribution in [0.4, 0.5) is 18.9 Å². The number of hydrogen-bond acceptors (Lipinski definition) is 3. The summed E-state index contributed by atoms with van der Waals surface area (Å²) in [5.41, 5.74) is 0.647. The molecule has 0 aliphatic heterocycles. The summed E-state index contributed by atoms with van der Waals surface area (Å²) in [6.07, 6.45) is -4.71. The van der Waals surface area contributed by atoms with Crippen molar-refractivity contribution in [2.24, 2.45) is 0 Å². The second-order valence-electron chi connectivity index (χ2n) is 5.16. The van der Waals surface area contributed by atoms with E-state index in [-0.39, 0.29) is 11.0 Å². The zero-order valence-electron chi connectivity index (χ0n) is 12.2. The fourth-order valence-electron chi connectivity index (χ4n) is 2.21. The fourth-order valence-corrected chi connectivity index (χ4v) is 2.34. The molecule has 0 bridgehead atoms. The summed E-state index contributed by atoms with van der Waals surface area (Å²) in [4.78, 5) is 11.8. The fraction of sp³-hybridized carbons (Fsp3) is 0.118. The number of fused-ring (bicyclic) bond motifs is 1. The van der Waals surface area contributed by atoms with E-state index in [1.807, 2.05) is 12.1 Å². The maximum atomic E-state index is 12.7. The minimum absolute atomic E-state index is 0.0973. The largest absolute Gasteiger partial charge is 0.451 e. The standard InChI is InChI=1S/C17H11ClF3NO2/c18-11-3-1-10(2-4-11)9-22-12-5-6-13-14(23)8-16(17(19,20)21)24-15(13)7-12/h1-8,22H,9H2. The molecule has 0 unspecified atom stereocenters. The van der Waals surface area contributed by atoms with E-state index in [2.05, 4.69) is 5.32 Å². The lowest BCUT2D eigenvalue weighted by atomic mass is 10.2. The molecule has 1 N–H and O–H groups in total. The summed E-state index contributed by atoms with van der Waals surface area (Å²) >= 11 is 5.81. The van der Waals surface area contributed by atoms with E-state index in [4.69, 9.17) is 16.0 Å². The van der Waals surface area contributed by atoms with Gasteiger partial charge in [0, 0.05) is 29.4 Å². The molecule has 1 heterocycles. The molecule has 0 aliphatic rings. The van der Waals surface area contributed by atoms with E-state index >= 15 is 0 Å². The molecule has 0 fully saturated rings. The van der Waals surface area contributed by atoms with Crippen molar-refractivity contribution in [1.82, 2.24) is 0 Å². The summed E-state index contributed by atoms with van der Waals surface area (Å²) in [7, 11) is 0. The number of alkyl halides is 3. The summed E-state index contributed by atoms with van der Waals surface area (Å²) in [6, 6.07) is 12.0. The van der Waals surface area contributed by atoms with Gasteiger partial charge in [0.15, 0.2) is 5.43 Å². The Labute approximate surface area is 139 Å². The monoisotopic (exact) mass is 353 g/mol. The van der Waals surface area contributed by atoms with Crippen molar-refractivity contribution in [3.05, 3.63) is 75.1 Å². The highest BCUT2D eigenvalue weighted by Gasteiger charge is 2.34. The Hall–Kier alpha value is -2.47. The Morgan fingerprint density at radius 2 is 1.75 bits per heavy atom. The molecule has 3 rings (SSSR count). The molecule has 0 saturated carbocycles. The molecule has 0 atom stereocenters. The molecule has 3 nitrogen and oxygen atoms in total. The first-order valence-corrected chi connectivity index (χ1v) is 7.34. The van der Waals surface area contributed by atoms with Gasteiger partial charge in [0.25, 0.3) is 0 Å². The van der Waals surface area contributed by atoms with Gasteiger partial charge >= 0.3 is 6.18 Å². The molecule has 0 saturated heterocycles. The molecule has 1 aromatic heterocycles. The van der Waals surface area contributed by atoms with Gasteiger partial charge in [0.2, 0.25) is 5.76 Å². The average Bonchev–Trinajstić information content (AvgIpc) is 2.53. The first-order valence-electron chi connectivity index (χ1n) is 6.96. The molecule has 24 heavy (non-hydrogen) atoms. The lowest BCUT2D eigenvalue weighted by Gasteiger charge is -2.09. The topological polar surface area (TPSA) is 42.2 Å². The minimum Gasteiger partial charge on any atom is -0.451 e. The number of benzene rings is 2. The van der Waals surface area contributed by atoms with Crippen molar-refractivity contribution in [3.8, 4) is 0 Å². The van der Waals surface area contributed by atoms with Crippen LogP contribution in [-0.2, 0) is 12.7 Å². The van der Waals surface area contributed by atoms with E-state index in [0.717, 1.165) is 5.56 Å². The highest BCUT2D eigenvalue weighted by Crippen LogP contribution is 2.30. The van der Waals surface area contributed by atoms with Crippen LogP contribution in [-0.4, -0.2) is 0 Å². The number of hydrogen-bond donors (Lipinski definition) is 1. The highest BCUT2D eigenvalue weighted by atomic mass is 35.5. The van der Waals surface area contributed by atoms with Gasteiger partial charge < -0.3 is 9.73 Å². The molecule has 0 radical (unpaired) electrons. The van der Waals surface area contributed by atoms with E-state index < -0.39 is 17.4 Å². The number of nitrogens with one attached hydrogen (secondary N) is 1. The summed E-state index contributed by atoms with van der Waals surface area (Å²) in [5.74, 6) is -1.31. The van der Waals surface area contributed by atoms with Crippen molar-refractivity contribution < 1.29 is 17.6 Å². The number of rotatable bonds is 3. The first-order chi connectivity index (χ1) is 11.3. The first kappa shape index (κ1) is 16.4. The van der Waals surface area contributed by atoms with Crippen LogP contribution in [0.15, 0.2) is 57.7 Å². The molecule has 124 valence electrons. The van der Waals surface area contributed by atoms with Crippen LogP contribution in [0, 0.1) is 0 Å². The van der Waals surface area contributed by atoms with E-state index in [1.165, 1.54) is 12.1 Å². The molecular formula is C17H11ClF3NO2. The molecule has 7 heteroatoms. The second kappa shape index (κ2) is 6.20. The zero-order valence-corrected chi connectivity index (χ0v) is 12.9. The average molecular weight is 354 g/mol. The van der Waals surface area contributed by atoms with Gasteiger partial charge in [-0.2, -0.15) is 13.2 Å². The Morgan fingerprint density at radius 3 is 2.42 bits per heavy atom. The number of anilines is 1. The maximum absolute atomic E-state index is 12.7. The second-order valence-corrected chi connectivity index (χ2v) is 5.60. The highest BCUT2D eigenvalue weighted by molar-refractivity contribution is 6.30. The predicted molar refractivity (Wildman–Crippen MR) is 86.3 cm³/mol. The Kier molecular flexibility index (Phi) is 4.24. The van der Waals surface area contributed by atoms with Gasteiger partial charge in [0.05, 0.1) is 5.39 Å².